The minimum absolute atomic E-state index is 0.0167. The summed E-state index contributed by atoms with van der Waals surface area (Å²) in [7, 11) is 1.60. The number of hydrogen-bond acceptors (Lipinski definition) is 4. The number of benzene rings is 1. The second-order valence-corrected chi connectivity index (χ2v) is 7.77. The van der Waals surface area contributed by atoms with E-state index >= 15 is 0 Å². The van der Waals surface area contributed by atoms with E-state index < -0.39 is 0 Å². The van der Waals surface area contributed by atoms with E-state index in [1.807, 2.05) is 35.0 Å². The third-order valence-electron chi connectivity index (χ3n) is 5.17. The number of carbonyl (C=O) groups excluding carboxylic acids is 2. The van der Waals surface area contributed by atoms with Gasteiger partial charge in [0.1, 0.15) is 0 Å². The zero-order chi connectivity index (χ0) is 20.8. The molecule has 2 amide bonds. The molecular weight excluding hydrogens is 368 g/mol. The normalized spacial score (nSPS) is 13.4. The lowest BCUT2D eigenvalue weighted by molar-refractivity contribution is 0.0730. The fourth-order valence-corrected chi connectivity index (χ4v) is 3.53. The van der Waals surface area contributed by atoms with Gasteiger partial charge in [-0.15, -0.1) is 0 Å². The Labute approximate surface area is 172 Å². The maximum absolute atomic E-state index is 12.9. The number of nitrogens with one attached hydrogen (secondary N) is 1. The van der Waals surface area contributed by atoms with Crippen molar-refractivity contribution >= 4 is 11.8 Å². The molecule has 0 bridgehead atoms. The quantitative estimate of drug-likeness (QED) is 0.693. The number of nitrogens with zero attached hydrogens (tertiary/aromatic N) is 3. The molecular formula is C22H30N4O3. The van der Waals surface area contributed by atoms with Gasteiger partial charge in [0.2, 0.25) is 0 Å². The van der Waals surface area contributed by atoms with Gasteiger partial charge in [-0.2, -0.15) is 5.10 Å². The molecule has 0 aliphatic carbocycles. The van der Waals surface area contributed by atoms with Crippen LogP contribution in [0.25, 0.3) is 0 Å². The van der Waals surface area contributed by atoms with Gasteiger partial charge in [-0.05, 0) is 24.5 Å². The summed E-state index contributed by atoms with van der Waals surface area (Å²) in [5, 5.41) is 7.50. The van der Waals surface area contributed by atoms with Crippen LogP contribution in [0.15, 0.2) is 30.3 Å². The van der Waals surface area contributed by atoms with Crippen LogP contribution in [0.4, 0.5) is 0 Å². The lowest BCUT2D eigenvalue weighted by atomic mass is 10.0. The van der Waals surface area contributed by atoms with Gasteiger partial charge in [-0.1, -0.05) is 32.0 Å². The average Bonchev–Trinajstić information content (AvgIpc) is 3.10. The van der Waals surface area contributed by atoms with Crippen molar-refractivity contribution in [3.8, 4) is 0 Å². The minimum atomic E-state index is -0.212. The number of methoxy groups -OCH3 is 1. The fraction of sp³-hybridized carbons (Fsp3) is 0.500. The smallest absolute Gasteiger partial charge is 0.272 e. The Balaban J connectivity index is 1.84. The number of aryl methyl sites for hydroxylation is 1. The van der Waals surface area contributed by atoms with Crippen LogP contribution < -0.4 is 5.32 Å². The summed E-state index contributed by atoms with van der Waals surface area (Å²) >= 11 is 0. The number of carbonyl (C=O) groups is 2. The van der Waals surface area contributed by atoms with Crippen LogP contribution in [0, 0.1) is 5.92 Å². The van der Waals surface area contributed by atoms with E-state index in [0.29, 0.717) is 49.8 Å². The van der Waals surface area contributed by atoms with Crippen LogP contribution in [0.5, 0.6) is 0 Å². The van der Waals surface area contributed by atoms with Crippen molar-refractivity contribution in [3.05, 3.63) is 52.8 Å². The summed E-state index contributed by atoms with van der Waals surface area (Å²) in [6.07, 6.45) is 1.69. The van der Waals surface area contributed by atoms with E-state index in [2.05, 4.69) is 24.3 Å². The van der Waals surface area contributed by atoms with Crippen LogP contribution in [0.1, 0.15) is 52.4 Å². The van der Waals surface area contributed by atoms with Crippen LogP contribution in [-0.4, -0.2) is 53.3 Å². The molecule has 2 heterocycles. The highest BCUT2D eigenvalue weighted by Gasteiger charge is 2.30. The zero-order valence-corrected chi connectivity index (χ0v) is 17.5. The van der Waals surface area contributed by atoms with Gasteiger partial charge in [-0.3, -0.25) is 14.3 Å². The molecule has 156 valence electrons. The summed E-state index contributed by atoms with van der Waals surface area (Å²) in [6.45, 7) is 7.02. The predicted octanol–water partition coefficient (Wildman–Crippen LogP) is 2.50. The van der Waals surface area contributed by atoms with Crippen molar-refractivity contribution in [2.24, 2.45) is 5.92 Å². The molecule has 7 nitrogen and oxygen atoms in total. The van der Waals surface area contributed by atoms with Crippen molar-refractivity contribution in [3.63, 3.8) is 0 Å². The van der Waals surface area contributed by atoms with E-state index in [-0.39, 0.29) is 11.8 Å². The monoisotopic (exact) mass is 398 g/mol. The van der Waals surface area contributed by atoms with Crippen LogP contribution in [0.2, 0.25) is 0 Å². The Morgan fingerprint density at radius 2 is 2.00 bits per heavy atom. The highest BCUT2D eigenvalue weighted by atomic mass is 16.5. The minimum Gasteiger partial charge on any atom is -0.383 e. The topological polar surface area (TPSA) is 76.5 Å². The molecule has 1 N–H and O–H groups in total. The molecule has 3 rings (SSSR count). The van der Waals surface area contributed by atoms with Gasteiger partial charge >= 0.3 is 0 Å². The maximum Gasteiger partial charge on any atom is 0.272 e. The van der Waals surface area contributed by atoms with Crippen LogP contribution in [0.3, 0.4) is 0 Å². The molecule has 1 aliphatic rings. The average molecular weight is 399 g/mol. The first-order chi connectivity index (χ1) is 14.0. The first kappa shape index (κ1) is 21.0. The van der Waals surface area contributed by atoms with Crippen molar-refractivity contribution in [2.45, 2.75) is 39.8 Å². The van der Waals surface area contributed by atoms with Crippen molar-refractivity contribution in [2.75, 3.05) is 26.8 Å². The Bertz CT molecular complexity index is 845. The highest BCUT2D eigenvalue weighted by molar-refractivity contribution is 5.96. The van der Waals surface area contributed by atoms with Crippen LogP contribution >= 0.6 is 0 Å². The lowest BCUT2D eigenvalue weighted by Gasteiger charge is -2.28. The zero-order valence-electron chi connectivity index (χ0n) is 17.5. The van der Waals surface area contributed by atoms with E-state index in [1.54, 1.807) is 12.0 Å². The fourth-order valence-electron chi connectivity index (χ4n) is 3.53. The summed E-state index contributed by atoms with van der Waals surface area (Å²) < 4.78 is 6.98. The van der Waals surface area contributed by atoms with Gasteiger partial charge in [0.25, 0.3) is 11.8 Å². The largest absolute Gasteiger partial charge is 0.383 e. The van der Waals surface area contributed by atoms with Crippen molar-refractivity contribution < 1.29 is 14.3 Å². The third kappa shape index (κ3) is 5.03. The van der Waals surface area contributed by atoms with Gasteiger partial charge in [0.05, 0.1) is 13.2 Å². The Kier molecular flexibility index (Phi) is 7.04. The number of amides is 2. The second kappa shape index (κ2) is 9.69. The molecule has 29 heavy (non-hydrogen) atoms. The maximum atomic E-state index is 12.9. The van der Waals surface area contributed by atoms with Crippen molar-refractivity contribution in [1.29, 1.82) is 0 Å². The second-order valence-electron chi connectivity index (χ2n) is 7.77. The summed E-state index contributed by atoms with van der Waals surface area (Å²) in [4.78, 5) is 27.5. The van der Waals surface area contributed by atoms with E-state index in [1.165, 1.54) is 0 Å². The lowest BCUT2D eigenvalue weighted by Crippen LogP contribution is -2.37. The molecule has 2 aromatic rings. The molecule has 0 atom stereocenters. The molecule has 0 radical (unpaired) electrons. The summed E-state index contributed by atoms with van der Waals surface area (Å²) in [6, 6.07) is 9.26. The number of rotatable bonds is 8. The molecule has 1 aromatic heterocycles. The molecule has 1 aliphatic heterocycles. The molecule has 1 aromatic carbocycles. The molecule has 0 fully saturated rings. The SMILES string of the molecule is COCCNC(=O)c1nn(CCC(C)C)c2c1CN(C(=O)c1ccccc1)CC2. The Morgan fingerprint density at radius 1 is 1.24 bits per heavy atom. The van der Waals surface area contributed by atoms with Crippen molar-refractivity contribution in [1.82, 2.24) is 20.0 Å². The number of hydrogen-bond donors (Lipinski definition) is 1. The summed E-state index contributed by atoms with van der Waals surface area (Å²) in [5.41, 5.74) is 3.01. The number of fused-ring (bicyclic) bond motifs is 1. The molecule has 0 saturated carbocycles. The molecule has 0 spiro atoms. The summed E-state index contributed by atoms with van der Waals surface area (Å²) in [5.74, 6) is 0.320. The standard InChI is InChI=1S/C22H30N4O3/c1-16(2)9-13-26-19-10-12-25(22(28)17-7-5-4-6-8-17)15-18(19)20(24-26)21(27)23-11-14-29-3/h4-8,16H,9-15H2,1-3H3,(H,23,27). The third-order valence-corrected chi connectivity index (χ3v) is 5.17. The Morgan fingerprint density at radius 3 is 2.69 bits per heavy atom. The highest BCUT2D eigenvalue weighted by Crippen LogP contribution is 2.25. The van der Waals surface area contributed by atoms with Gasteiger partial charge in [0, 0.05) is 50.0 Å². The van der Waals surface area contributed by atoms with Gasteiger partial charge in [0.15, 0.2) is 5.69 Å². The first-order valence-corrected chi connectivity index (χ1v) is 10.2. The number of aromatic nitrogens is 2. The van der Waals surface area contributed by atoms with Gasteiger partial charge in [-0.25, -0.2) is 0 Å². The van der Waals surface area contributed by atoms with E-state index in [0.717, 1.165) is 24.2 Å². The van der Waals surface area contributed by atoms with E-state index in [4.69, 9.17) is 4.74 Å². The molecule has 0 saturated heterocycles. The van der Waals surface area contributed by atoms with Gasteiger partial charge < -0.3 is 15.0 Å². The van der Waals surface area contributed by atoms with E-state index in [9.17, 15) is 9.59 Å². The Hall–Kier alpha value is -2.67. The molecule has 0 unspecified atom stereocenters. The molecule has 7 heteroatoms. The predicted molar refractivity (Wildman–Crippen MR) is 111 cm³/mol. The number of ether oxygens (including phenoxy) is 1. The van der Waals surface area contributed by atoms with Crippen LogP contribution in [-0.2, 0) is 24.2 Å². The first-order valence-electron chi connectivity index (χ1n) is 10.2.